The third-order valence-corrected chi connectivity index (χ3v) is 3.19. The number of rotatable bonds is 4. The summed E-state index contributed by atoms with van der Waals surface area (Å²) in [6.07, 6.45) is 10.4. The standard InChI is InChI=1S/C12H19N3/c13-11-9-14-7-6-12(11)15-8-5-10-3-1-2-4-10/h6-7,9-10H,1-5,8,13H2,(H,14,15). The van der Waals surface area contributed by atoms with E-state index in [2.05, 4.69) is 10.3 Å². The summed E-state index contributed by atoms with van der Waals surface area (Å²) >= 11 is 0. The summed E-state index contributed by atoms with van der Waals surface area (Å²) in [5.74, 6) is 0.931. The molecule has 1 aromatic rings. The summed E-state index contributed by atoms with van der Waals surface area (Å²) in [6.45, 7) is 1.03. The first-order chi connectivity index (χ1) is 7.36. The van der Waals surface area contributed by atoms with Crippen LogP contribution in [-0.4, -0.2) is 11.5 Å². The Labute approximate surface area is 91.1 Å². The molecule has 1 fully saturated rings. The maximum absolute atomic E-state index is 5.79. The zero-order valence-electron chi connectivity index (χ0n) is 9.08. The fourth-order valence-electron chi connectivity index (χ4n) is 2.28. The van der Waals surface area contributed by atoms with Crippen LogP contribution in [0.3, 0.4) is 0 Å². The maximum atomic E-state index is 5.79. The second-order valence-corrected chi connectivity index (χ2v) is 4.33. The normalized spacial score (nSPS) is 16.8. The molecule has 1 aromatic heterocycles. The Morgan fingerprint density at radius 3 is 2.93 bits per heavy atom. The van der Waals surface area contributed by atoms with Gasteiger partial charge in [-0.2, -0.15) is 0 Å². The van der Waals surface area contributed by atoms with E-state index in [9.17, 15) is 0 Å². The molecule has 0 aliphatic heterocycles. The predicted octanol–water partition coefficient (Wildman–Crippen LogP) is 2.66. The summed E-state index contributed by atoms with van der Waals surface area (Å²) in [5.41, 5.74) is 7.55. The molecular weight excluding hydrogens is 186 g/mol. The molecule has 0 saturated heterocycles. The summed E-state index contributed by atoms with van der Waals surface area (Å²) in [5, 5.41) is 3.37. The van der Waals surface area contributed by atoms with Crippen molar-refractivity contribution in [2.24, 2.45) is 5.92 Å². The van der Waals surface area contributed by atoms with Crippen LogP contribution in [0.4, 0.5) is 11.4 Å². The molecular formula is C12H19N3. The highest BCUT2D eigenvalue weighted by Crippen LogP contribution is 2.27. The summed E-state index contributed by atoms with van der Waals surface area (Å²) in [7, 11) is 0. The zero-order chi connectivity index (χ0) is 10.5. The third-order valence-electron chi connectivity index (χ3n) is 3.19. The van der Waals surface area contributed by atoms with E-state index >= 15 is 0 Å². The van der Waals surface area contributed by atoms with Crippen molar-refractivity contribution in [1.29, 1.82) is 0 Å². The largest absolute Gasteiger partial charge is 0.396 e. The fraction of sp³-hybridized carbons (Fsp3) is 0.583. The van der Waals surface area contributed by atoms with Gasteiger partial charge in [-0.1, -0.05) is 25.7 Å². The number of nitrogens with zero attached hydrogens (tertiary/aromatic N) is 1. The van der Waals surface area contributed by atoms with Crippen molar-refractivity contribution in [3.05, 3.63) is 18.5 Å². The van der Waals surface area contributed by atoms with Crippen molar-refractivity contribution < 1.29 is 0 Å². The first kappa shape index (κ1) is 10.3. The Kier molecular flexibility index (Phi) is 3.43. The van der Waals surface area contributed by atoms with Crippen LogP contribution < -0.4 is 11.1 Å². The average Bonchev–Trinajstić information content (AvgIpc) is 2.74. The van der Waals surface area contributed by atoms with Crippen LogP contribution in [0.25, 0.3) is 0 Å². The maximum Gasteiger partial charge on any atom is 0.0736 e. The Hall–Kier alpha value is -1.25. The summed E-state index contributed by atoms with van der Waals surface area (Å²) < 4.78 is 0. The van der Waals surface area contributed by atoms with Gasteiger partial charge in [0, 0.05) is 12.7 Å². The number of nitrogens with one attached hydrogen (secondary N) is 1. The summed E-state index contributed by atoms with van der Waals surface area (Å²) in [4.78, 5) is 3.97. The topological polar surface area (TPSA) is 50.9 Å². The van der Waals surface area contributed by atoms with Gasteiger partial charge in [-0.15, -0.1) is 0 Å². The number of nitrogen functional groups attached to an aromatic ring is 1. The van der Waals surface area contributed by atoms with E-state index in [1.54, 1.807) is 12.4 Å². The van der Waals surface area contributed by atoms with E-state index in [1.165, 1.54) is 32.1 Å². The zero-order valence-corrected chi connectivity index (χ0v) is 9.08. The Morgan fingerprint density at radius 2 is 2.20 bits per heavy atom. The van der Waals surface area contributed by atoms with Gasteiger partial charge in [0.05, 0.1) is 17.6 Å². The molecule has 1 aliphatic rings. The minimum absolute atomic E-state index is 0.740. The first-order valence-electron chi connectivity index (χ1n) is 5.79. The van der Waals surface area contributed by atoms with Crippen molar-refractivity contribution in [2.75, 3.05) is 17.6 Å². The lowest BCUT2D eigenvalue weighted by Crippen LogP contribution is -2.08. The van der Waals surface area contributed by atoms with Gasteiger partial charge >= 0.3 is 0 Å². The molecule has 15 heavy (non-hydrogen) atoms. The number of hydrogen-bond donors (Lipinski definition) is 2. The van der Waals surface area contributed by atoms with Crippen LogP contribution in [0.5, 0.6) is 0 Å². The molecule has 0 aromatic carbocycles. The number of hydrogen-bond acceptors (Lipinski definition) is 3. The van der Waals surface area contributed by atoms with Crippen LogP contribution in [0.15, 0.2) is 18.5 Å². The molecule has 1 saturated carbocycles. The van der Waals surface area contributed by atoms with Gasteiger partial charge < -0.3 is 11.1 Å². The molecule has 0 bridgehead atoms. The Balaban J connectivity index is 1.75. The van der Waals surface area contributed by atoms with Crippen molar-refractivity contribution in [1.82, 2.24) is 4.98 Å². The molecule has 1 heterocycles. The van der Waals surface area contributed by atoms with E-state index in [-0.39, 0.29) is 0 Å². The van der Waals surface area contributed by atoms with E-state index in [1.807, 2.05) is 6.07 Å². The second kappa shape index (κ2) is 5.01. The van der Waals surface area contributed by atoms with Gasteiger partial charge in [-0.05, 0) is 18.4 Å². The van der Waals surface area contributed by atoms with Gasteiger partial charge in [0.1, 0.15) is 0 Å². The lowest BCUT2D eigenvalue weighted by molar-refractivity contribution is 0.519. The number of aromatic nitrogens is 1. The number of anilines is 2. The predicted molar refractivity (Wildman–Crippen MR) is 63.7 cm³/mol. The lowest BCUT2D eigenvalue weighted by atomic mass is 10.0. The van der Waals surface area contributed by atoms with E-state index < -0.39 is 0 Å². The third kappa shape index (κ3) is 2.85. The highest BCUT2D eigenvalue weighted by atomic mass is 14.9. The van der Waals surface area contributed by atoms with Gasteiger partial charge in [0.15, 0.2) is 0 Å². The SMILES string of the molecule is Nc1cnccc1NCCC1CCCC1. The average molecular weight is 205 g/mol. The smallest absolute Gasteiger partial charge is 0.0736 e. The van der Waals surface area contributed by atoms with Crippen LogP contribution in [0.1, 0.15) is 32.1 Å². The quantitative estimate of drug-likeness (QED) is 0.794. The van der Waals surface area contributed by atoms with Crippen LogP contribution >= 0.6 is 0 Å². The fourth-order valence-corrected chi connectivity index (χ4v) is 2.28. The van der Waals surface area contributed by atoms with Crippen LogP contribution in [0.2, 0.25) is 0 Å². The van der Waals surface area contributed by atoms with Crippen LogP contribution in [0, 0.1) is 5.92 Å². The van der Waals surface area contributed by atoms with E-state index in [4.69, 9.17) is 5.73 Å². The highest BCUT2D eigenvalue weighted by molar-refractivity contribution is 5.64. The molecule has 3 heteroatoms. The molecule has 3 nitrogen and oxygen atoms in total. The summed E-state index contributed by atoms with van der Waals surface area (Å²) in [6, 6.07) is 1.93. The minimum Gasteiger partial charge on any atom is -0.396 e. The molecule has 2 rings (SSSR count). The van der Waals surface area contributed by atoms with Gasteiger partial charge in [-0.3, -0.25) is 4.98 Å². The molecule has 0 amide bonds. The lowest BCUT2D eigenvalue weighted by Gasteiger charge is -2.11. The minimum atomic E-state index is 0.740. The van der Waals surface area contributed by atoms with Crippen LogP contribution in [-0.2, 0) is 0 Å². The Morgan fingerprint density at radius 1 is 1.40 bits per heavy atom. The molecule has 0 radical (unpaired) electrons. The highest BCUT2D eigenvalue weighted by Gasteiger charge is 2.14. The van der Waals surface area contributed by atoms with Crippen molar-refractivity contribution in [2.45, 2.75) is 32.1 Å². The van der Waals surface area contributed by atoms with Gasteiger partial charge in [0.2, 0.25) is 0 Å². The van der Waals surface area contributed by atoms with Crippen molar-refractivity contribution >= 4 is 11.4 Å². The monoisotopic (exact) mass is 205 g/mol. The molecule has 82 valence electrons. The molecule has 0 atom stereocenters. The first-order valence-corrected chi connectivity index (χ1v) is 5.79. The van der Waals surface area contributed by atoms with E-state index in [0.717, 1.165) is 23.8 Å². The number of pyridine rings is 1. The molecule has 0 unspecified atom stereocenters. The van der Waals surface area contributed by atoms with Gasteiger partial charge in [0.25, 0.3) is 0 Å². The molecule has 3 N–H and O–H groups in total. The molecule has 1 aliphatic carbocycles. The molecule has 0 spiro atoms. The van der Waals surface area contributed by atoms with Gasteiger partial charge in [-0.25, -0.2) is 0 Å². The second-order valence-electron chi connectivity index (χ2n) is 4.33. The number of nitrogens with two attached hydrogens (primary N) is 1. The van der Waals surface area contributed by atoms with Crippen molar-refractivity contribution in [3.63, 3.8) is 0 Å². The Bertz CT molecular complexity index is 305. The van der Waals surface area contributed by atoms with E-state index in [0.29, 0.717) is 0 Å². The van der Waals surface area contributed by atoms with Crippen molar-refractivity contribution in [3.8, 4) is 0 Å².